The third kappa shape index (κ3) is 9.23. The maximum atomic E-state index is 14.7. The standard InChI is InChI=1S/C38H45N3O5S/c1-6-30(5)39-38(43)35(25-31-15-9-8-10-16-31)40(26-32-17-13-14-29(4)24-32)37(42)27-41(34-18-11-12-19-36(34)46-7-2)47(44,45)33-22-20-28(3)21-23-33/h8-24,30,35H,6-7,25-27H2,1-5H3,(H,39,43). The fraction of sp³-hybridized carbons (Fsp3) is 0.316. The molecule has 0 bridgehead atoms. The molecule has 0 saturated carbocycles. The summed E-state index contributed by atoms with van der Waals surface area (Å²) in [6.07, 6.45) is 0.966. The zero-order chi connectivity index (χ0) is 34.0. The largest absolute Gasteiger partial charge is 0.492 e. The van der Waals surface area contributed by atoms with Crippen molar-refractivity contribution in [3.8, 4) is 5.75 Å². The number of para-hydroxylation sites is 2. The van der Waals surface area contributed by atoms with Gasteiger partial charge in [-0.05, 0) is 69.5 Å². The van der Waals surface area contributed by atoms with Crippen LogP contribution in [0.2, 0.25) is 0 Å². The molecule has 4 rings (SSSR count). The summed E-state index contributed by atoms with van der Waals surface area (Å²) in [5, 5.41) is 3.07. The maximum Gasteiger partial charge on any atom is 0.264 e. The predicted molar refractivity (Wildman–Crippen MR) is 187 cm³/mol. The third-order valence-electron chi connectivity index (χ3n) is 8.03. The average Bonchev–Trinajstić information content (AvgIpc) is 3.06. The molecule has 0 aliphatic heterocycles. The minimum absolute atomic E-state index is 0.0442. The molecule has 2 unspecified atom stereocenters. The first kappa shape index (κ1) is 35.2. The predicted octanol–water partition coefficient (Wildman–Crippen LogP) is 6.45. The van der Waals surface area contributed by atoms with Crippen molar-refractivity contribution in [2.75, 3.05) is 17.5 Å². The van der Waals surface area contributed by atoms with Gasteiger partial charge in [-0.1, -0.05) is 96.9 Å². The molecule has 0 fully saturated rings. The van der Waals surface area contributed by atoms with Crippen LogP contribution in [0.25, 0.3) is 0 Å². The number of amides is 2. The van der Waals surface area contributed by atoms with Crippen molar-refractivity contribution in [3.63, 3.8) is 0 Å². The Labute approximate surface area is 279 Å². The quantitative estimate of drug-likeness (QED) is 0.159. The highest BCUT2D eigenvalue weighted by Gasteiger charge is 2.35. The molecule has 2 amide bonds. The van der Waals surface area contributed by atoms with Gasteiger partial charge < -0.3 is 15.0 Å². The van der Waals surface area contributed by atoms with Gasteiger partial charge in [0.05, 0.1) is 17.2 Å². The van der Waals surface area contributed by atoms with Crippen molar-refractivity contribution in [3.05, 3.63) is 125 Å². The molecular formula is C38H45N3O5S. The van der Waals surface area contributed by atoms with Crippen molar-refractivity contribution in [1.82, 2.24) is 10.2 Å². The Morgan fingerprint density at radius 3 is 2.13 bits per heavy atom. The number of benzene rings is 4. The van der Waals surface area contributed by atoms with E-state index in [0.29, 0.717) is 18.8 Å². The SMILES string of the molecule is CCOc1ccccc1N(CC(=O)N(Cc1cccc(C)c1)C(Cc1ccccc1)C(=O)NC(C)CC)S(=O)(=O)c1ccc(C)cc1. The Bertz CT molecular complexity index is 1740. The summed E-state index contributed by atoms with van der Waals surface area (Å²) in [5.41, 5.74) is 3.86. The van der Waals surface area contributed by atoms with Gasteiger partial charge in [0.25, 0.3) is 10.0 Å². The molecular weight excluding hydrogens is 611 g/mol. The van der Waals surface area contributed by atoms with E-state index in [2.05, 4.69) is 5.32 Å². The maximum absolute atomic E-state index is 14.7. The highest BCUT2D eigenvalue weighted by atomic mass is 32.2. The highest BCUT2D eigenvalue weighted by molar-refractivity contribution is 7.92. The van der Waals surface area contributed by atoms with Gasteiger partial charge in [-0.25, -0.2) is 8.42 Å². The van der Waals surface area contributed by atoms with Crippen LogP contribution < -0.4 is 14.4 Å². The minimum Gasteiger partial charge on any atom is -0.492 e. The summed E-state index contributed by atoms with van der Waals surface area (Å²) in [4.78, 5) is 30.3. The summed E-state index contributed by atoms with van der Waals surface area (Å²) in [5.74, 6) is -0.486. The van der Waals surface area contributed by atoms with Crippen LogP contribution in [-0.2, 0) is 32.6 Å². The van der Waals surface area contributed by atoms with Gasteiger partial charge in [-0.3, -0.25) is 13.9 Å². The molecule has 9 heteroatoms. The monoisotopic (exact) mass is 655 g/mol. The summed E-state index contributed by atoms with van der Waals surface area (Å²) in [6, 6.07) is 29.6. The second-order valence-corrected chi connectivity index (χ2v) is 13.6. The molecule has 0 heterocycles. The van der Waals surface area contributed by atoms with Crippen LogP contribution in [0.4, 0.5) is 5.69 Å². The van der Waals surface area contributed by atoms with E-state index < -0.39 is 28.5 Å². The van der Waals surface area contributed by atoms with Crippen LogP contribution in [-0.4, -0.2) is 50.4 Å². The Kier molecular flexibility index (Phi) is 12.2. The van der Waals surface area contributed by atoms with Crippen molar-refractivity contribution < 1.29 is 22.7 Å². The van der Waals surface area contributed by atoms with Gasteiger partial charge in [0.1, 0.15) is 18.3 Å². The van der Waals surface area contributed by atoms with E-state index in [1.165, 1.54) is 17.0 Å². The number of nitrogens with one attached hydrogen (secondary N) is 1. The van der Waals surface area contributed by atoms with Gasteiger partial charge >= 0.3 is 0 Å². The summed E-state index contributed by atoms with van der Waals surface area (Å²) < 4.78 is 35.7. The van der Waals surface area contributed by atoms with E-state index in [1.54, 1.807) is 36.4 Å². The number of carbonyl (C=O) groups excluding carboxylic acids is 2. The fourth-order valence-corrected chi connectivity index (χ4v) is 6.72. The normalized spacial score (nSPS) is 12.5. The van der Waals surface area contributed by atoms with Gasteiger partial charge in [-0.15, -0.1) is 0 Å². The Balaban J connectivity index is 1.84. The number of carbonyl (C=O) groups is 2. The Morgan fingerprint density at radius 2 is 1.47 bits per heavy atom. The second kappa shape index (κ2) is 16.3. The van der Waals surface area contributed by atoms with Crippen LogP contribution in [0.3, 0.4) is 0 Å². The van der Waals surface area contributed by atoms with Gasteiger partial charge in [0.2, 0.25) is 11.8 Å². The average molecular weight is 656 g/mol. The van der Waals surface area contributed by atoms with Gasteiger partial charge in [-0.2, -0.15) is 0 Å². The minimum atomic E-state index is -4.24. The lowest BCUT2D eigenvalue weighted by Crippen LogP contribution is -2.54. The summed E-state index contributed by atoms with van der Waals surface area (Å²) in [7, 11) is -4.24. The molecule has 4 aromatic carbocycles. The van der Waals surface area contributed by atoms with E-state index in [4.69, 9.17) is 4.74 Å². The fourth-order valence-electron chi connectivity index (χ4n) is 5.29. The number of sulfonamides is 1. The van der Waals surface area contributed by atoms with Crippen LogP contribution in [0.15, 0.2) is 108 Å². The lowest BCUT2D eigenvalue weighted by atomic mass is 10.0. The number of anilines is 1. The van der Waals surface area contributed by atoms with E-state index >= 15 is 0 Å². The van der Waals surface area contributed by atoms with E-state index in [1.807, 2.05) is 89.2 Å². The van der Waals surface area contributed by atoms with Gasteiger partial charge in [0.15, 0.2) is 0 Å². The molecule has 0 spiro atoms. The first-order valence-corrected chi connectivity index (χ1v) is 17.5. The van der Waals surface area contributed by atoms with Crippen molar-refractivity contribution >= 4 is 27.5 Å². The molecule has 0 aliphatic carbocycles. The zero-order valence-electron chi connectivity index (χ0n) is 27.8. The number of ether oxygens (including phenoxy) is 1. The van der Waals surface area contributed by atoms with Crippen molar-refractivity contribution in [2.45, 2.75) is 71.0 Å². The van der Waals surface area contributed by atoms with E-state index in [0.717, 1.165) is 26.6 Å². The molecule has 0 aliphatic rings. The molecule has 4 aromatic rings. The molecule has 248 valence electrons. The molecule has 0 aromatic heterocycles. The molecule has 8 nitrogen and oxygen atoms in total. The highest BCUT2D eigenvalue weighted by Crippen LogP contribution is 2.33. The molecule has 47 heavy (non-hydrogen) atoms. The number of hydrogen-bond acceptors (Lipinski definition) is 5. The summed E-state index contributed by atoms with van der Waals surface area (Å²) >= 11 is 0. The second-order valence-electron chi connectivity index (χ2n) is 11.8. The lowest BCUT2D eigenvalue weighted by Gasteiger charge is -2.34. The van der Waals surface area contributed by atoms with Crippen LogP contribution >= 0.6 is 0 Å². The summed E-state index contributed by atoms with van der Waals surface area (Å²) in [6.45, 7) is 9.43. The molecule has 0 saturated heterocycles. The first-order valence-electron chi connectivity index (χ1n) is 16.0. The van der Waals surface area contributed by atoms with Crippen LogP contribution in [0.5, 0.6) is 5.75 Å². The Hall–Kier alpha value is -4.63. The van der Waals surface area contributed by atoms with Crippen LogP contribution in [0, 0.1) is 13.8 Å². The first-order chi connectivity index (χ1) is 22.5. The van der Waals surface area contributed by atoms with E-state index in [-0.39, 0.29) is 35.5 Å². The van der Waals surface area contributed by atoms with E-state index in [9.17, 15) is 18.0 Å². The molecule has 1 N–H and O–H groups in total. The number of aryl methyl sites for hydroxylation is 2. The van der Waals surface area contributed by atoms with Crippen LogP contribution in [0.1, 0.15) is 49.4 Å². The zero-order valence-corrected chi connectivity index (χ0v) is 28.7. The van der Waals surface area contributed by atoms with Crippen molar-refractivity contribution in [1.29, 1.82) is 0 Å². The lowest BCUT2D eigenvalue weighted by molar-refractivity contribution is -0.140. The molecule has 0 radical (unpaired) electrons. The molecule has 2 atom stereocenters. The number of hydrogen-bond donors (Lipinski definition) is 1. The number of nitrogens with zero attached hydrogens (tertiary/aromatic N) is 2. The smallest absolute Gasteiger partial charge is 0.264 e. The Morgan fingerprint density at radius 1 is 0.809 bits per heavy atom. The topological polar surface area (TPSA) is 96.0 Å². The van der Waals surface area contributed by atoms with Crippen molar-refractivity contribution in [2.24, 2.45) is 0 Å². The number of rotatable bonds is 15. The van der Waals surface area contributed by atoms with Gasteiger partial charge in [0, 0.05) is 19.0 Å². The third-order valence-corrected chi connectivity index (χ3v) is 9.80.